The highest BCUT2D eigenvalue weighted by Gasteiger charge is 2.30. The zero-order valence-electron chi connectivity index (χ0n) is 15.6. The first-order valence-corrected chi connectivity index (χ1v) is 10.5. The van der Waals surface area contributed by atoms with Crippen LogP contribution in [0.15, 0.2) is 12.7 Å². The molecule has 0 aromatic heterocycles. The number of ether oxygens (including phenoxy) is 1. The average molecular weight is 321 g/mol. The second-order valence-electron chi connectivity index (χ2n) is 8.24. The largest absolute Gasteiger partial charge is 0.377 e. The maximum Gasteiger partial charge on any atom is 0.0644 e. The van der Waals surface area contributed by atoms with Gasteiger partial charge in [0.2, 0.25) is 0 Å². The second-order valence-corrected chi connectivity index (χ2v) is 8.24. The SMILES string of the molecule is C=CCOCC1CCC(C2CCC(CCCCCC)CC2)CC1. The lowest BCUT2D eigenvalue weighted by molar-refractivity contribution is 0.0779. The molecule has 2 fully saturated rings. The van der Waals surface area contributed by atoms with Crippen molar-refractivity contribution in [2.45, 2.75) is 90.4 Å². The van der Waals surface area contributed by atoms with E-state index < -0.39 is 0 Å². The van der Waals surface area contributed by atoms with Crippen LogP contribution >= 0.6 is 0 Å². The van der Waals surface area contributed by atoms with E-state index in [0.29, 0.717) is 0 Å². The van der Waals surface area contributed by atoms with Gasteiger partial charge < -0.3 is 4.74 Å². The van der Waals surface area contributed by atoms with Gasteiger partial charge in [-0.3, -0.25) is 0 Å². The summed E-state index contributed by atoms with van der Waals surface area (Å²) >= 11 is 0. The van der Waals surface area contributed by atoms with Gasteiger partial charge >= 0.3 is 0 Å². The van der Waals surface area contributed by atoms with Crippen LogP contribution in [0.2, 0.25) is 0 Å². The molecule has 0 radical (unpaired) electrons. The van der Waals surface area contributed by atoms with Crippen molar-refractivity contribution in [3.05, 3.63) is 12.7 Å². The van der Waals surface area contributed by atoms with Gasteiger partial charge in [-0.1, -0.05) is 57.9 Å². The minimum Gasteiger partial charge on any atom is -0.377 e. The summed E-state index contributed by atoms with van der Waals surface area (Å²) in [5, 5.41) is 0. The Morgan fingerprint density at radius 3 is 2.00 bits per heavy atom. The molecule has 0 aliphatic heterocycles. The van der Waals surface area contributed by atoms with Crippen LogP contribution in [0.1, 0.15) is 90.4 Å². The van der Waals surface area contributed by atoms with Crippen LogP contribution < -0.4 is 0 Å². The maximum absolute atomic E-state index is 5.65. The van der Waals surface area contributed by atoms with Gasteiger partial charge in [0.15, 0.2) is 0 Å². The molecule has 1 heteroatoms. The van der Waals surface area contributed by atoms with Crippen LogP contribution in [0.4, 0.5) is 0 Å². The van der Waals surface area contributed by atoms with E-state index in [4.69, 9.17) is 4.74 Å². The fraction of sp³-hybridized carbons (Fsp3) is 0.909. The molecule has 23 heavy (non-hydrogen) atoms. The van der Waals surface area contributed by atoms with Crippen LogP contribution in [0, 0.1) is 23.7 Å². The van der Waals surface area contributed by atoms with E-state index in [1.165, 1.54) is 83.5 Å². The molecular formula is C22H40O. The summed E-state index contributed by atoms with van der Waals surface area (Å²) in [6.45, 7) is 7.72. The summed E-state index contributed by atoms with van der Waals surface area (Å²) in [5.41, 5.74) is 0. The monoisotopic (exact) mass is 320 g/mol. The Hall–Kier alpha value is -0.300. The van der Waals surface area contributed by atoms with Crippen molar-refractivity contribution >= 4 is 0 Å². The lowest BCUT2D eigenvalue weighted by atomic mass is 9.69. The van der Waals surface area contributed by atoms with Gasteiger partial charge in [-0.15, -0.1) is 6.58 Å². The average Bonchev–Trinajstić information content (AvgIpc) is 2.60. The summed E-state index contributed by atoms with van der Waals surface area (Å²) in [7, 11) is 0. The molecule has 0 heterocycles. The number of hydrogen-bond donors (Lipinski definition) is 0. The van der Waals surface area contributed by atoms with Crippen molar-refractivity contribution in [1.29, 1.82) is 0 Å². The van der Waals surface area contributed by atoms with E-state index in [2.05, 4.69) is 13.5 Å². The zero-order chi connectivity index (χ0) is 16.3. The molecular weight excluding hydrogens is 280 g/mol. The highest BCUT2D eigenvalue weighted by molar-refractivity contribution is 4.82. The van der Waals surface area contributed by atoms with Crippen molar-refractivity contribution in [2.75, 3.05) is 13.2 Å². The first-order valence-electron chi connectivity index (χ1n) is 10.5. The Balaban J connectivity index is 1.56. The molecule has 2 aliphatic carbocycles. The Morgan fingerprint density at radius 1 is 0.826 bits per heavy atom. The van der Waals surface area contributed by atoms with Crippen LogP contribution in [-0.4, -0.2) is 13.2 Å². The van der Waals surface area contributed by atoms with Gasteiger partial charge in [0, 0.05) is 6.61 Å². The van der Waals surface area contributed by atoms with Gasteiger partial charge in [0.1, 0.15) is 0 Å². The Kier molecular flexibility index (Phi) is 9.34. The summed E-state index contributed by atoms with van der Waals surface area (Å²) in [5.74, 6) is 3.97. The number of rotatable bonds is 10. The molecule has 134 valence electrons. The van der Waals surface area contributed by atoms with Gasteiger partial charge in [0.05, 0.1) is 6.61 Å². The van der Waals surface area contributed by atoms with Crippen LogP contribution in [0.3, 0.4) is 0 Å². The van der Waals surface area contributed by atoms with Crippen molar-refractivity contribution in [2.24, 2.45) is 23.7 Å². The third-order valence-corrected chi connectivity index (χ3v) is 6.50. The Morgan fingerprint density at radius 2 is 1.43 bits per heavy atom. The molecule has 0 N–H and O–H groups in total. The fourth-order valence-electron chi connectivity index (χ4n) is 4.95. The normalized spacial score (nSPS) is 31.9. The first kappa shape index (κ1) is 19.0. The molecule has 0 amide bonds. The highest BCUT2D eigenvalue weighted by Crippen LogP contribution is 2.42. The lowest BCUT2D eigenvalue weighted by Gasteiger charge is -2.38. The molecule has 0 atom stereocenters. The topological polar surface area (TPSA) is 9.23 Å². The smallest absolute Gasteiger partial charge is 0.0644 e. The number of unbranched alkanes of at least 4 members (excludes halogenated alkanes) is 3. The molecule has 2 aliphatic rings. The van der Waals surface area contributed by atoms with E-state index in [-0.39, 0.29) is 0 Å². The third kappa shape index (κ3) is 6.99. The van der Waals surface area contributed by atoms with Crippen molar-refractivity contribution < 1.29 is 4.74 Å². The summed E-state index contributed by atoms with van der Waals surface area (Å²) in [4.78, 5) is 0. The maximum atomic E-state index is 5.65. The van der Waals surface area contributed by atoms with Gasteiger partial charge in [-0.05, 0) is 62.2 Å². The molecule has 0 spiro atoms. The summed E-state index contributed by atoms with van der Waals surface area (Å²) < 4.78 is 5.65. The molecule has 0 aromatic rings. The number of hydrogen-bond acceptors (Lipinski definition) is 1. The Labute approximate surface area is 145 Å². The van der Waals surface area contributed by atoms with Gasteiger partial charge in [0.25, 0.3) is 0 Å². The second kappa shape index (κ2) is 11.3. The lowest BCUT2D eigenvalue weighted by Crippen LogP contribution is -2.27. The third-order valence-electron chi connectivity index (χ3n) is 6.50. The molecule has 0 aromatic carbocycles. The van der Waals surface area contributed by atoms with Crippen LogP contribution in [-0.2, 0) is 4.74 Å². The molecule has 0 saturated heterocycles. The van der Waals surface area contributed by atoms with Crippen LogP contribution in [0.25, 0.3) is 0 Å². The standard InChI is InChI=1S/C22H40O/c1-3-5-6-7-8-19-9-13-21(14-10-19)22-15-11-20(12-16-22)18-23-17-4-2/h4,19-22H,2-3,5-18H2,1H3. The van der Waals surface area contributed by atoms with E-state index in [1.54, 1.807) is 0 Å². The predicted octanol–water partition coefficient (Wildman–Crippen LogP) is 6.77. The first-order chi connectivity index (χ1) is 11.3. The van der Waals surface area contributed by atoms with E-state index in [0.717, 1.165) is 36.9 Å². The highest BCUT2D eigenvalue weighted by atomic mass is 16.5. The fourth-order valence-corrected chi connectivity index (χ4v) is 4.95. The molecule has 2 rings (SSSR count). The predicted molar refractivity (Wildman–Crippen MR) is 101 cm³/mol. The zero-order valence-corrected chi connectivity index (χ0v) is 15.6. The quantitative estimate of drug-likeness (QED) is 0.319. The van der Waals surface area contributed by atoms with Crippen LogP contribution in [0.5, 0.6) is 0 Å². The minimum absolute atomic E-state index is 0.724. The molecule has 0 bridgehead atoms. The van der Waals surface area contributed by atoms with Crippen molar-refractivity contribution in [3.8, 4) is 0 Å². The molecule has 1 nitrogen and oxygen atoms in total. The van der Waals surface area contributed by atoms with E-state index >= 15 is 0 Å². The van der Waals surface area contributed by atoms with Crippen molar-refractivity contribution in [1.82, 2.24) is 0 Å². The molecule has 0 unspecified atom stereocenters. The van der Waals surface area contributed by atoms with Crippen molar-refractivity contribution in [3.63, 3.8) is 0 Å². The van der Waals surface area contributed by atoms with E-state index in [9.17, 15) is 0 Å². The van der Waals surface area contributed by atoms with Gasteiger partial charge in [-0.25, -0.2) is 0 Å². The van der Waals surface area contributed by atoms with Gasteiger partial charge in [-0.2, -0.15) is 0 Å². The summed E-state index contributed by atoms with van der Waals surface area (Å²) in [6.07, 6.45) is 21.0. The van der Waals surface area contributed by atoms with E-state index in [1.807, 2.05) is 6.08 Å². The summed E-state index contributed by atoms with van der Waals surface area (Å²) in [6, 6.07) is 0. The minimum atomic E-state index is 0.724. The Bertz CT molecular complexity index is 295. The molecule has 2 saturated carbocycles.